The smallest absolute Gasteiger partial charge is 0.415 e. The molecular formula is C28H30N2O3. The summed E-state index contributed by atoms with van der Waals surface area (Å²) in [7, 11) is 0. The Hall–Kier alpha value is -3.60. The predicted octanol–water partition coefficient (Wildman–Crippen LogP) is 6.13. The Morgan fingerprint density at radius 1 is 0.970 bits per heavy atom. The fourth-order valence-electron chi connectivity index (χ4n) is 4.22. The van der Waals surface area contributed by atoms with E-state index in [1.807, 2.05) is 87.5 Å². The molecular weight excluding hydrogens is 412 g/mol. The van der Waals surface area contributed by atoms with Crippen LogP contribution in [0.3, 0.4) is 0 Å². The summed E-state index contributed by atoms with van der Waals surface area (Å²) in [5, 5.41) is 0. The van der Waals surface area contributed by atoms with Gasteiger partial charge in [-0.1, -0.05) is 66.7 Å². The van der Waals surface area contributed by atoms with Gasteiger partial charge in [0.25, 0.3) is 0 Å². The molecule has 0 saturated heterocycles. The van der Waals surface area contributed by atoms with E-state index in [2.05, 4.69) is 12.1 Å². The zero-order valence-electron chi connectivity index (χ0n) is 19.6. The largest absolute Gasteiger partial charge is 0.443 e. The molecule has 1 unspecified atom stereocenters. The van der Waals surface area contributed by atoms with Gasteiger partial charge in [-0.3, -0.25) is 9.69 Å². The minimum atomic E-state index is -0.618. The van der Waals surface area contributed by atoms with Gasteiger partial charge in [0, 0.05) is 30.8 Å². The van der Waals surface area contributed by atoms with E-state index < -0.39 is 11.7 Å². The third-order valence-corrected chi connectivity index (χ3v) is 5.74. The van der Waals surface area contributed by atoms with Gasteiger partial charge in [-0.15, -0.1) is 0 Å². The molecule has 33 heavy (non-hydrogen) atoms. The van der Waals surface area contributed by atoms with Crippen molar-refractivity contribution in [2.45, 2.75) is 45.8 Å². The van der Waals surface area contributed by atoms with Crippen LogP contribution in [0.2, 0.25) is 0 Å². The van der Waals surface area contributed by atoms with Gasteiger partial charge in [0.05, 0.1) is 6.54 Å². The summed E-state index contributed by atoms with van der Waals surface area (Å²) < 4.78 is 5.72. The maximum atomic E-state index is 13.2. The lowest BCUT2D eigenvalue weighted by atomic mass is 9.93. The van der Waals surface area contributed by atoms with Gasteiger partial charge in [0.1, 0.15) is 5.60 Å². The average molecular weight is 443 g/mol. The molecule has 0 bridgehead atoms. The summed E-state index contributed by atoms with van der Waals surface area (Å²) in [6, 6.07) is 26.0. The first-order valence-corrected chi connectivity index (χ1v) is 11.2. The van der Waals surface area contributed by atoms with E-state index in [0.717, 1.165) is 16.8 Å². The highest BCUT2D eigenvalue weighted by Crippen LogP contribution is 2.42. The fourth-order valence-corrected chi connectivity index (χ4v) is 4.22. The summed E-state index contributed by atoms with van der Waals surface area (Å²) in [4.78, 5) is 29.1. The summed E-state index contributed by atoms with van der Waals surface area (Å²) >= 11 is 0. The highest BCUT2D eigenvalue weighted by atomic mass is 16.6. The van der Waals surface area contributed by atoms with E-state index in [4.69, 9.17) is 4.74 Å². The number of fused-ring (bicyclic) bond motifs is 1. The molecule has 5 nitrogen and oxygen atoms in total. The molecule has 0 fully saturated rings. The molecule has 3 aromatic rings. The molecule has 1 heterocycles. The first-order chi connectivity index (χ1) is 15.7. The number of ether oxygens (including phenoxy) is 1. The number of nitrogens with zero attached hydrogens (tertiary/aromatic N) is 2. The van der Waals surface area contributed by atoms with Gasteiger partial charge in [-0.05, 0) is 49.6 Å². The molecule has 5 heteroatoms. The summed E-state index contributed by atoms with van der Waals surface area (Å²) in [6.45, 7) is 8.11. The Balaban J connectivity index is 1.74. The minimum Gasteiger partial charge on any atom is -0.443 e. The molecule has 1 atom stereocenters. The number of carbonyl (C=O) groups is 2. The molecule has 0 radical (unpaired) electrons. The Labute approximate surface area is 195 Å². The number of rotatable bonds is 4. The van der Waals surface area contributed by atoms with Crippen molar-refractivity contribution in [3.8, 4) is 0 Å². The molecule has 1 aliphatic heterocycles. The third-order valence-electron chi connectivity index (χ3n) is 5.74. The molecule has 0 aliphatic carbocycles. The highest BCUT2D eigenvalue weighted by Gasteiger charge is 2.33. The molecule has 0 aromatic heterocycles. The Kier molecular flexibility index (Phi) is 6.23. The molecule has 0 N–H and O–H groups in total. The van der Waals surface area contributed by atoms with Crippen LogP contribution in [0.15, 0.2) is 78.9 Å². The zero-order valence-corrected chi connectivity index (χ0v) is 19.6. The van der Waals surface area contributed by atoms with Crippen LogP contribution in [0.4, 0.5) is 16.2 Å². The van der Waals surface area contributed by atoms with E-state index in [1.165, 1.54) is 5.56 Å². The number of carbonyl (C=O) groups excluding carboxylic acids is 2. The average Bonchev–Trinajstić information content (AvgIpc) is 3.17. The zero-order chi connectivity index (χ0) is 23.6. The highest BCUT2D eigenvalue weighted by molar-refractivity contribution is 5.97. The summed E-state index contributed by atoms with van der Waals surface area (Å²) in [6.07, 6.45) is -0.418. The Bertz CT molecular complexity index is 1140. The second-order valence-corrected chi connectivity index (χ2v) is 9.39. The standard InChI is InChI=1S/C28H30N2O3/c1-20(31)29-19-25(22-13-9-6-10-14-22)24-16-15-23(17-26(24)29)30(27(32)33-28(2,3)4)18-21-11-7-5-8-12-21/h5-17,25H,18-19H2,1-4H3. The van der Waals surface area contributed by atoms with Gasteiger partial charge in [-0.2, -0.15) is 0 Å². The number of benzene rings is 3. The second-order valence-electron chi connectivity index (χ2n) is 9.39. The van der Waals surface area contributed by atoms with Crippen molar-refractivity contribution in [3.63, 3.8) is 0 Å². The van der Waals surface area contributed by atoms with E-state index in [0.29, 0.717) is 18.8 Å². The Morgan fingerprint density at radius 3 is 2.21 bits per heavy atom. The van der Waals surface area contributed by atoms with Crippen molar-refractivity contribution in [1.82, 2.24) is 0 Å². The third kappa shape index (κ3) is 5.08. The van der Waals surface area contributed by atoms with Gasteiger partial charge in [0.15, 0.2) is 0 Å². The van der Waals surface area contributed by atoms with E-state index in [1.54, 1.807) is 16.7 Å². The quantitative estimate of drug-likeness (QED) is 0.489. The van der Waals surface area contributed by atoms with E-state index in [9.17, 15) is 9.59 Å². The van der Waals surface area contributed by atoms with Crippen LogP contribution in [0.5, 0.6) is 0 Å². The molecule has 170 valence electrons. The van der Waals surface area contributed by atoms with Crippen LogP contribution in [0, 0.1) is 0 Å². The van der Waals surface area contributed by atoms with E-state index >= 15 is 0 Å². The number of hydrogen-bond donors (Lipinski definition) is 0. The van der Waals surface area contributed by atoms with Crippen molar-refractivity contribution >= 4 is 23.4 Å². The van der Waals surface area contributed by atoms with Crippen LogP contribution < -0.4 is 9.80 Å². The number of hydrogen-bond acceptors (Lipinski definition) is 3. The lowest BCUT2D eigenvalue weighted by Crippen LogP contribution is -2.36. The number of anilines is 2. The van der Waals surface area contributed by atoms with Crippen LogP contribution in [-0.2, 0) is 16.1 Å². The lowest BCUT2D eigenvalue weighted by Gasteiger charge is -2.28. The predicted molar refractivity (Wildman–Crippen MR) is 132 cm³/mol. The lowest BCUT2D eigenvalue weighted by molar-refractivity contribution is -0.116. The molecule has 2 amide bonds. The molecule has 3 aromatic carbocycles. The maximum Gasteiger partial charge on any atom is 0.415 e. The molecule has 0 spiro atoms. The topological polar surface area (TPSA) is 49.9 Å². The fraction of sp³-hybridized carbons (Fsp3) is 0.286. The molecule has 4 rings (SSSR count). The van der Waals surface area contributed by atoms with Crippen LogP contribution >= 0.6 is 0 Å². The van der Waals surface area contributed by atoms with Gasteiger partial charge >= 0.3 is 6.09 Å². The van der Waals surface area contributed by atoms with Crippen LogP contribution in [0.25, 0.3) is 0 Å². The van der Waals surface area contributed by atoms with Crippen molar-refractivity contribution in [2.75, 3.05) is 16.3 Å². The van der Waals surface area contributed by atoms with Gasteiger partial charge in [-0.25, -0.2) is 4.79 Å². The van der Waals surface area contributed by atoms with Crippen molar-refractivity contribution < 1.29 is 14.3 Å². The number of amides is 2. The second kappa shape index (κ2) is 9.10. The van der Waals surface area contributed by atoms with Gasteiger partial charge < -0.3 is 9.64 Å². The molecule has 0 saturated carbocycles. The Morgan fingerprint density at radius 2 is 1.61 bits per heavy atom. The first kappa shape index (κ1) is 22.6. The van der Waals surface area contributed by atoms with Crippen molar-refractivity contribution in [1.29, 1.82) is 0 Å². The maximum absolute atomic E-state index is 13.2. The van der Waals surface area contributed by atoms with Crippen LogP contribution in [0.1, 0.15) is 50.3 Å². The summed E-state index contributed by atoms with van der Waals surface area (Å²) in [5.74, 6) is 0.0851. The van der Waals surface area contributed by atoms with Crippen LogP contribution in [-0.4, -0.2) is 24.1 Å². The van der Waals surface area contributed by atoms with Gasteiger partial charge in [0.2, 0.25) is 5.91 Å². The normalized spacial score (nSPS) is 15.2. The van der Waals surface area contributed by atoms with Crippen molar-refractivity contribution in [3.05, 3.63) is 95.6 Å². The SMILES string of the molecule is CC(=O)N1CC(c2ccccc2)c2ccc(N(Cc3ccccc3)C(=O)OC(C)(C)C)cc21. The first-order valence-electron chi connectivity index (χ1n) is 11.2. The monoisotopic (exact) mass is 442 g/mol. The van der Waals surface area contributed by atoms with Crippen molar-refractivity contribution in [2.24, 2.45) is 0 Å². The minimum absolute atomic E-state index is 0.0151. The van der Waals surface area contributed by atoms with E-state index in [-0.39, 0.29) is 11.8 Å². The molecule has 1 aliphatic rings. The summed E-state index contributed by atoms with van der Waals surface area (Å²) in [5.41, 5.74) is 4.18.